The average Bonchev–Trinajstić information content (AvgIpc) is 2.55. The van der Waals surface area contributed by atoms with E-state index in [-0.39, 0.29) is 10.6 Å². The highest BCUT2D eigenvalue weighted by atomic mass is 35.5. The summed E-state index contributed by atoms with van der Waals surface area (Å²) < 4.78 is 30.7. The molecule has 0 heterocycles. The predicted molar refractivity (Wildman–Crippen MR) is 88.1 cm³/mol. The van der Waals surface area contributed by atoms with Crippen molar-refractivity contribution in [3.8, 4) is 11.8 Å². The number of hydrogen-bond donors (Lipinski definition) is 0. The molecule has 0 atom stereocenters. The Balaban J connectivity index is 2.04. The second kappa shape index (κ2) is 7.45. The van der Waals surface area contributed by atoms with E-state index >= 15 is 0 Å². The molecule has 124 valence electrons. The van der Waals surface area contributed by atoms with E-state index in [0.717, 1.165) is 4.31 Å². The number of nitrogens with zero attached hydrogens (tertiary/aromatic N) is 2. The number of ether oxygens (including phenoxy) is 1. The minimum atomic E-state index is -3.82. The van der Waals surface area contributed by atoms with E-state index in [1.807, 2.05) is 6.07 Å². The largest absolute Gasteiger partial charge is 0.426 e. The summed E-state index contributed by atoms with van der Waals surface area (Å²) >= 11 is 5.73. The third-order valence-corrected chi connectivity index (χ3v) is 5.16. The SMILES string of the molecule is CN(CC(=O)Oc1ccc(C#N)cc1)S(=O)(=O)c1ccc(Cl)cc1. The van der Waals surface area contributed by atoms with Crippen molar-refractivity contribution >= 4 is 27.6 Å². The minimum Gasteiger partial charge on any atom is -0.426 e. The molecule has 0 saturated carbocycles. The van der Waals surface area contributed by atoms with Gasteiger partial charge in [0.25, 0.3) is 0 Å². The Bertz CT molecular complexity index is 872. The first-order valence-corrected chi connectivity index (χ1v) is 8.57. The van der Waals surface area contributed by atoms with Crippen molar-refractivity contribution < 1.29 is 17.9 Å². The van der Waals surface area contributed by atoms with Crippen molar-refractivity contribution in [3.05, 3.63) is 59.1 Å². The molecule has 0 aliphatic rings. The van der Waals surface area contributed by atoms with Crippen LogP contribution in [0.1, 0.15) is 5.56 Å². The first-order chi connectivity index (χ1) is 11.3. The van der Waals surface area contributed by atoms with Crippen LogP contribution in [0.2, 0.25) is 5.02 Å². The third kappa shape index (κ3) is 4.32. The number of halogens is 1. The van der Waals surface area contributed by atoms with Crippen LogP contribution in [0.4, 0.5) is 0 Å². The predicted octanol–water partition coefficient (Wildman–Crippen LogP) is 2.44. The fourth-order valence-electron chi connectivity index (χ4n) is 1.81. The van der Waals surface area contributed by atoms with Crippen LogP contribution >= 0.6 is 11.6 Å². The molecule has 8 heteroatoms. The Morgan fingerprint density at radius 1 is 1.17 bits per heavy atom. The summed E-state index contributed by atoms with van der Waals surface area (Å²) in [4.78, 5) is 11.9. The van der Waals surface area contributed by atoms with E-state index in [2.05, 4.69) is 0 Å². The first-order valence-electron chi connectivity index (χ1n) is 6.75. The number of likely N-dealkylation sites (N-methyl/N-ethyl adjacent to an activating group) is 1. The van der Waals surface area contributed by atoms with E-state index in [0.29, 0.717) is 10.6 Å². The van der Waals surface area contributed by atoms with Gasteiger partial charge in [-0.1, -0.05) is 11.6 Å². The van der Waals surface area contributed by atoms with Crippen LogP contribution in [0, 0.1) is 11.3 Å². The zero-order valence-corrected chi connectivity index (χ0v) is 14.2. The van der Waals surface area contributed by atoms with Crippen LogP contribution in [0.15, 0.2) is 53.4 Å². The molecule has 24 heavy (non-hydrogen) atoms. The van der Waals surface area contributed by atoms with Gasteiger partial charge in [-0.3, -0.25) is 4.79 Å². The molecule has 0 aliphatic heterocycles. The van der Waals surface area contributed by atoms with Crippen molar-refractivity contribution in [3.63, 3.8) is 0 Å². The normalized spacial score (nSPS) is 11.1. The van der Waals surface area contributed by atoms with Gasteiger partial charge >= 0.3 is 5.97 Å². The highest BCUT2D eigenvalue weighted by Gasteiger charge is 2.23. The van der Waals surface area contributed by atoms with Gasteiger partial charge in [0.1, 0.15) is 12.3 Å². The minimum absolute atomic E-state index is 0.0283. The molecule has 0 amide bonds. The second-order valence-corrected chi connectivity index (χ2v) is 7.31. The highest BCUT2D eigenvalue weighted by molar-refractivity contribution is 7.89. The molecular formula is C16H13ClN2O4S. The van der Waals surface area contributed by atoms with Crippen LogP contribution in [-0.2, 0) is 14.8 Å². The van der Waals surface area contributed by atoms with Gasteiger partial charge in [-0.2, -0.15) is 9.57 Å². The summed E-state index contributed by atoms with van der Waals surface area (Å²) in [6.07, 6.45) is 0. The number of esters is 1. The van der Waals surface area contributed by atoms with Crippen molar-refractivity contribution in [2.45, 2.75) is 4.90 Å². The zero-order chi connectivity index (χ0) is 17.7. The number of hydrogen-bond acceptors (Lipinski definition) is 5. The molecule has 0 saturated heterocycles. The monoisotopic (exact) mass is 364 g/mol. The highest BCUT2D eigenvalue weighted by Crippen LogP contribution is 2.18. The lowest BCUT2D eigenvalue weighted by Crippen LogP contribution is -2.34. The molecule has 0 aromatic heterocycles. The topological polar surface area (TPSA) is 87.5 Å². The van der Waals surface area contributed by atoms with Gasteiger partial charge in [0, 0.05) is 12.1 Å². The molecule has 0 bridgehead atoms. The van der Waals surface area contributed by atoms with Crippen LogP contribution in [-0.4, -0.2) is 32.3 Å². The summed E-state index contributed by atoms with van der Waals surface area (Å²) in [6.45, 7) is -0.453. The molecule has 0 spiro atoms. The summed E-state index contributed by atoms with van der Waals surface area (Å²) in [5.41, 5.74) is 0.428. The van der Waals surface area contributed by atoms with Crippen LogP contribution < -0.4 is 4.74 Å². The lowest BCUT2D eigenvalue weighted by Gasteiger charge is -2.16. The number of nitriles is 1. The molecule has 2 aromatic carbocycles. The summed E-state index contributed by atoms with van der Waals surface area (Å²) in [7, 11) is -2.54. The first kappa shape index (κ1) is 17.9. The van der Waals surface area contributed by atoms with E-state index in [9.17, 15) is 13.2 Å². The molecular weight excluding hydrogens is 352 g/mol. The summed E-state index contributed by atoms with van der Waals surface area (Å²) in [5, 5.41) is 9.12. The second-order valence-electron chi connectivity index (χ2n) is 4.83. The zero-order valence-electron chi connectivity index (χ0n) is 12.6. The molecule has 0 radical (unpaired) electrons. The Kier molecular flexibility index (Phi) is 5.57. The molecule has 0 N–H and O–H groups in total. The quantitative estimate of drug-likeness (QED) is 0.600. The van der Waals surface area contributed by atoms with Crippen LogP contribution in [0.5, 0.6) is 5.75 Å². The number of benzene rings is 2. The Morgan fingerprint density at radius 3 is 2.29 bits per heavy atom. The fourth-order valence-corrected chi connectivity index (χ4v) is 3.06. The van der Waals surface area contributed by atoms with E-state index < -0.39 is 22.5 Å². The van der Waals surface area contributed by atoms with Gasteiger partial charge < -0.3 is 4.74 Å². The molecule has 0 aliphatic carbocycles. The van der Waals surface area contributed by atoms with Crippen molar-refractivity contribution in [2.75, 3.05) is 13.6 Å². The lowest BCUT2D eigenvalue weighted by molar-refractivity contribution is -0.134. The smallest absolute Gasteiger partial charge is 0.326 e. The third-order valence-electron chi connectivity index (χ3n) is 3.09. The number of rotatable bonds is 5. The van der Waals surface area contributed by atoms with Gasteiger partial charge in [0.15, 0.2) is 0 Å². The van der Waals surface area contributed by atoms with Gasteiger partial charge in [-0.05, 0) is 48.5 Å². The van der Waals surface area contributed by atoms with Crippen molar-refractivity contribution in [1.82, 2.24) is 4.31 Å². The average molecular weight is 365 g/mol. The summed E-state index contributed by atoms with van der Waals surface area (Å²) in [5.74, 6) is -0.504. The molecule has 2 aromatic rings. The summed E-state index contributed by atoms with van der Waals surface area (Å²) in [6, 6.07) is 13.5. The van der Waals surface area contributed by atoms with E-state index in [1.165, 1.54) is 55.6 Å². The van der Waals surface area contributed by atoms with Crippen LogP contribution in [0.25, 0.3) is 0 Å². The van der Waals surface area contributed by atoms with Gasteiger partial charge in [0.05, 0.1) is 16.5 Å². The maximum Gasteiger partial charge on any atom is 0.326 e. The van der Waals surface area contributed by atoms with E-state index in [4.69, 9.17) is 21.6 Å². The Hall–Kier alpha value is -2.40. The van der Waals surface area contributed by atoms with Gasteiger partial charge in [-0.15, -0.1) is 0 Å². The van der Waals surface area contributed by atoms with Crippen LogP contribution in [0.3, 0.4) is 0 Å². The maximum absolute atomic E-state index is 12.4. The fraction of sp³-hybridized carbons (Fsp3) is 0.125. The molecule has 2 rings (SSSR count). The Labute approximate surface area is 144 Å². The van der Waals surface area contributed by atoms with Gasteiger partial charge in [0.2, 0.25) is 10.0 Å². The van der Waals surface area contributed by atoms with E-state index in [1.54, 1.807) is 0 Å². The molecule has 0 unspecified atom stereocenters. The number of carbonyl (C=O) groups excluding carboxylic acids is 1. The lowest BCUT2D eigenvalue weighted by atomic mass is 10.2. The van der Waals surface area contributed by atoms with Crippen molar-refractivity contribution in [1.29, 1.82) is 5.26 Å². The molecule has 0 fully saturated rings. The van der Waals surface area contributed by atoms with Crippen molar-refractivity contribution in [2.24, 2.45) is 0 Å². The molecule has 6 nitrogen and oxygen atoms in total. The maximum atomic E-state index is 12.4. The Morgan fingerprint density at radius 2 is 1.75 bits per heavy atom. The standard InChI is InChI=1S/C16H13ClN2O4S/c1-19(24(21,22)15-8-4-13(17)5-9-15)11-16(20)23-14-6-2-12(10-18)3-7-14/h2-9H,11H2,1H3. The van der Waals surface area contributed by atoms with Gasteiger partial charge in [-0.25, -0.2) is 8.42 Å². The number of carbonyl (C=O) groups is 1. The number of sulfonamides is 1.